The molecule has 1 aromatic carbocycles. The Hall–Kier alpha value is -0.860. The molecule has 1 unspecified atom stereocenters. The summed E-state index contributed by atoms with van der Waals surface area (Å²) < 4.78 is 0. The number of benzene rings is 1. The predicted octanol–water partition coefficient (Wildman–Crippen LogP) is 3.42. The van der Waals surface area contributed by atoms with Gasteiger partial charge < -0.3 is 5.32 Å². The fourth-order valence-corrected chi connectivity index (χ4v) is 2.99. The molecule has 1 heterocycles. The van der Waals surface area contributed by atoms with Crippen molar-refractivity contribution in [3.05, 3.63) is 35.4 Å². The second-order valence-electron chi connectivity index (χ2n) is 5.78. The highest BCUT2D eigenvalue weighted by Gasteiger charge is 2.21. The van der Waals surface area contributed by atoms with Crippen LogP contribution in [0.25, 0.3) is 0 Å². The van der Waals surface area contributed by atoms with Gasteiger partial charge in [0.2, 0.25) is 0 Å². The molecular weight excluding hydrogens is 232 g/mol. The minimum atomic E-state index is 0.943. The van der Waals surface area contributed by atoms with Crippen LogP contribution in [0.5, 0.6) is 0 Å². The molecule has 1 saturated heterocycles. The van der Waals surface area contributed by atoms with E-state index in [1.165, 1.54) is 43.5 Å². The maximum atomic E-state index is 3.37. The van der Waals surface area contributed by atoms with Crippen LogP contribution in [0, 0.1) is 5.92 Å². The normalized spacial score (nSPS) is 20.0. The number of nitrogens with zero attached hydrogens (tertiary/aromatic N) is 1. The highest BCUT2D eigenvalue weighted by molar-refractivity contribution is 5.22. The Morgan fingerprint density at radius 3 is 2.58 bits per heavy atom. The van der Waals surface area contributed by atoms with Gasteiger partial charge in [0, 0.05) is 19.6 Å². The van der Waals surface area contributed by atoms with Crippen molar-refractivity contribution in [3.63, 3.8) is 0 Å². The van der Waals surface area contributed by atoms with Gasteiger partial charge >= 0.3 is 0 Å². The second kappa shape index (κ2) is 7.66. The van der Waals surface area contributed by atoms with Crippen molar-refractivity contribution in [1.82, 2.24) is 10.2 Å². The SMILES string of the molecule is CCCC1CCN(Cc2ccc(CNCC)cc2)C1. The zero-order chi connectivity index (χ0) is 13.5. The zero-order valence-electron chi connectivity index (χ0n) is 12.5. The third-order valence-electron chi connectivity index (χ3n) is 4.08. The standard InChI is InChI=1S/C17H28N2/c1-3-5-16-10-11-19(13-16)14-17-8-6-15(7-9-17)12-18-4-2/h6-9,16,18H,3-5,10-14H2,1-2H3. The van der Waals surface area contributed by atoms with Gasteiger partial charge in [-0.05, 0) is 43.0 Å². The van der Waals surface area contributed by atoms with Crippen molar-refractivity contribution in [2.45, 2.75) is 46.2 Å². The summed E-state index contributed by atoms with van der Waals surface area (Å²) in [5.74, 6) is 0.943. The van der Waals surface area contributed by atoms with Gasteiger partial charge in [-0.15, -0.1) is 0 Å². The predicted molar refractivity (Wildman–Crippen MR) is 82.1 cm³/mol. The third-order valence-corrected chi connectivity index (χ3v) is 4.08. The molecule has 1 atom stereocenters. The fraction of sp³-hybridized carbons (Fsp3) is 0.647. The first-order valence-electron chi connectivity index (χ1n) is 7.82. The van der Waals surface area contributed by atoms with Crippen LogP contribution in [0.4, 0.5) is 0 Å². The second-order valence-corrected chi connectivity index (χ2v) is 5.78. The molecule has 0 radical (unpaired) electrons. The molecule has 1 aliphatic heterocycles. The Morgan fingerprint density at radius 1 is 1.16 bits per heavy atom. The Balaban J connectivity index is 1.80. The van der Waals surface area contributed by atoms with Crippen molar-refractivity contribution >= 4 is 0 Å². The van der Waals surface area contributed by atoms with E-state index < -0.39 is 0 Å². The highest BCUT2D eigenvalue weighted by Crippen LogP contribution is 2.22. The summed E-state index contributed by atoms with van der Waals surface area (Å²) in [5.41, 5.74) is 2.84. The van der Waals surface area contributed by atoms with Crippen LogP contribution in [-0.4, -0.2) is 24.5 Å². The Kier molecular flexibility index (Phi) is 5.87. The average Bonchev–Trinajstić information content (AvgIpc) is 2.86. The molecule has 0 aromatic heterocycles. The number of likely N-dealkylation sites (tertiary alicyclic amines) is 1. The van der Waals surface area contributed by atoms with Crippen molar-refractivity contribution < 1.29 is 0 Å². The summed E-state index contributed by atoms with van der Waals surface area (Å²) in [6, 6.07) is 9.11. The zero-order valence-corrected chi connectivity index (χ0v) is 12.5. The summed E-state index contributed by atoms with van der Waals surface area (Å²) in [7, 11) is 0. The van der Waals surface area contributed by atoms with Crippen molar-refractivity contribution in [2.75, 3.05) is 19.6 Å². The molecule has 2 heteroatoms. The van der Waals surface area contributed by atoms with Gasteiger partial charge in [0.1, 0.15) is 0 Å². The van der Waals surface area contributed by atoms with Gasteiger partial charge in [-0.2, -0.15) is 0 Å². The van der Waals surface area contributed by atoms with E-state index in [9.17, 15) is 0 Å². The van der Waals surface area contributed by atoms with E-state index in [1.54, 1.807) is 0 Å². The maximum absolute atomic E-state index is 3.37. The van der Waals surface area contributed by atoms with Gasteiger partial charge in [0.05, 0.1) is 0 Å². The lowest BCUT2D eigenvalue weighted by Crippen LogP contribution is -2.20. The van der Waals surface area contributed by atoms with E-state index in [4.69, 9.17) is 0 Å². The third kappa shape index (κ3) is 4.63. The number of hydrogen-bond acceptors (Lipinski definition) is 2. The molecule has 0 bridgehead atoms. The maximum Gasteiger partial charge on any atom is 0.0233 e. The molecule has 1 fully saturated rings. The Bertz CT molecular complexity index is 358. The fourth-order valence-electron chi connectivity index (χ4n) is 2.99. The molecule has 1 aliphatic rings. The first-order valence-corrected chi connectivity index (χ1v) is 7.82. The first kappa shape index (κ1) is 14.5. The van der Waals surface area contributed by atoms with Crippen molar-refractivity contribution in [1.29, 1.82) is 0 Å². The van der Waals surface area contributed by atoms with Gasteiger partial charge in [-0.25, -0.2) is 0 Å². The van der Waals surface area contributed by atoms with Crippen LogP contribution in [0.2, 0.25) is 0 Å². The quantitative estimate of drug-likeness (QED) is 0.808. The van der Waals surface area contributed by atoms with Gasteiger partial charge in [-0.3, -0.25) is 4.90 Å². The van der Waals surface area contributed by atoms with Crippen LogP contribution in [-0.2, 0) is 13.1 Å². The lowest BCUT2D eigenvalue weighted by Gasteiger charge is -2.16. The largest absolute Gasteiger partial charge is 0.313 e. The van der Waals surface area contributed by atoms with Crippen LogP contribution in [0.3, 0.4) is 0 Å². The summed E-state index contributed by atoms with van der Waals surface area (Å²) >= 11 is 0. The molecule has 0 saturated carbocycles. The molecule has 0 spiro atoms. The summed E-state index contributed by atoms with van der Waals surface area (Å²) in [6.45, 7) is 10.2. The molecular formula is C17H28N2. The Morgan fingerprint density at radius 2 is 1.89 bits per heavy atom. The molecule has 2 rings (SSSR count). The van der Waals surface area contributed by atoms with Crippen LogP contribution in [0.1, 0.15) is 44.2 Å². The van der Waals surface area contributed by atoms with Crippen molar-refractivity contribution in [3.8, 4) is 0 Å². The Labute approximate surface area is 118 Å². The molecule has 106 valence electrons. The minimum absolute atomic E-state index is 0.943. The van der Waals surface area contributed by atoms with Gasteiger partial charge in [0.15, 0.2) is 0 Å². The number of rotatable bonds is 7. The monoisotopic (exact) mass is 260 g/mol. The van der Waals surface area contributed by atoms with E-state index >= 15 is 0 Å². The van der Waals surface area contributed by atoms with Crippen LogP contribution in [0.15, 0.2) is 24.3 Å². The highest BCUT2D eigenvalue weighted by atomic mass is 15.1. The van der Waals surface area contributed by atoms with E-state index in [-0.39, 0.29) is 0 Å². The van der Waals surface area contributed by atoms with Gasteiger partial charge in [0.25, 0.3) is 0 Å². The molecule has 0 aliphatic carbocycles. The van der Waals surface area contributed by atoms with E-state index in [2.05, 4.69) is 48.3 Å². The van der Waals surface area contributed by atoms with E-state index in [1.807, 2.05) is 0 Å². The average molecular weight is 260 g/mol. The summed E-state index contributed by atoms with van der Waals surface area (Å²) in [5, 5.41) is 3.37. The molecule has 1 N–H and O–H groups in total. The molecule has 1 aromatic rings. The van der Waals surface area contributed by atoms with E-state index in [0.29, 0.717) is 0 Å². The smallest absolute Gasteiger partial charge is 0.0233 e. The lowest BCUT2D eigenvalue weighted by atomic mass is 10.0. The van der Waals surface area contributed by atoms with Crippen LogP contribution >= 0.6 is 0 Å². The topological polar surface area (TPSA) is 15.3 Å². The lowest BCUT2D eigenvalue weighted by molar-refractivity contribution is 0.313. The summed E-state index contributed by atoms with van der Waals surface area (Å²) in [6.07, 6.45) is 4.13. The van der Waals surface area contributed by atoms with Gasteiger partial charge in [-0.1, -0.05) is 44.5 Å². The molecule has 19 heavy (non-hydrogen) atoms. The number of hydrogen-bond donors (Lipinski definition) is 1. The minimum Gasteiger partial charge on any atom is -0.313 e. The first-order chi connectivity index (χ1) is 9.31. The molecule has 0 amide bonds. The molecule has 2 nitrogen and oxygen atoms in total. The van der Waals surface area contributed by atoms with Crippen molar-refractivity contribution in [2.24, 2.45) is 5.92 Å². The van der Waals surface area contributed by atoms with Crippen LogP contribution < -0.4 is 5.32 Å². The van der Waals surface area contributed by atoms with E-state index in [0.717, 1.165) is 25.6 Å². The number of nitrogens with one attached hydrogen (secondary N) is 1. The summed E-state index contributed by atoms with van der Waals surface area (Å²) in [4.78, 5) is 2.61.